The fraction of sp³-hybridized carbons (Fsp3) is 0.538. The average molecular weight is 328 g/mol. The normalized spacial score (nSPS) is 18.4. The van der Waals surface area contributed by atoms with E-state index in [9.17, 15) is 9.90 Å². The Kier molecular flexibility index (Phi) is 4.90. The van der Waals surface area contributed by atoms with E-state index in [-0.39, 0.29) is 12.0 Å². The maximum Gasteiger partial charge on any atom is 0.255 e. The van der Waals surface area contributed by atoms with Crippen molar-refractivity contribution in [3.8, 4) is 0 Å². The number of piperazine rings is 1. The fourth-order valence-corrected chi connectivity index (χ4v) is 2.58. The molecule has 104 valence electrons. The van der Waals surface area contributed by atoms with Gasteiger partial charge in [0.1, 0.15) is 0 Å². The number of aliphatic hydroxyl groups is 1. The highest BCUT2D eigenvalue weighted by molar-refractivity contribution is 9.10. The van der Waals surface area contributed by atoms with Gasteiger partial charge in [-0.2, -0.15) is 0 Å². The molecule has 0 spiro atoms. The van der Waals surface area contributed by atoms with E-state index in [0.717, 1.165) is 17.6 Å². The molecule has 0 saturated carbocycles. The lowest BCUT2D eigenvalue weighted by Crippen LogP contribution is -2.50. The summed E-state index contributed by atoms with van der Waals surface area (Å²) in [5.41, 5.74) is 0.610. The predicted molar refractivity (Wildman–Crippen MR) is 76.0 cm³/mol. The van der Waals surface area contributed by atoms with Gasteiger partial charge >= 0.3 is 0 Å². The molecule has 1 fully saturated rings. The lowest BCUT2D eigenvalue weighted by Gasteiger charge is -2.35. The summed E-state index contributed by atoms with van der Waals surface area (Å²) in [4.78, 5) is 20.3. The van der Waals surface area contributed by atoms with Gasteiger partial charge in [0.15, 0.2) is 0 Å². The third kappa shape index (κ3) is 3.99. The second kappa shape index (κ2) is 6.45. The SMILES string of the molecule is CC(O)CN1CCN(C(=O)c2cncc(Br)c2)CC1. The van der Waals surface area contributed by atoms with Crippen molar-refractivity contribution in [2.75, 3.05) is 32.7 Å². The minimum atomic E-state index is -0.323. The van der Waals surface area contributed by atoms with Crippen LogP contribution >= 0.6 is 15.9 Å². The van der Waals surface area contributed by atoms with Crippen LogP contribution in [0.25, 0.3) is 0 Å². The highest BCUT2D eigenvalue weighted by Crippen LogP contribution is 2.13. The van der Waals surface area contributed by atoms with Gasteiger partial charge in [0.25, 0.3) is 5.91 Å². The quantitative estimate of drug-likeness (QED) is 0.899. The highest BCUT2D eigenvalue weighted by atomic mass is 79.9. The molecule has 1 amide bonds. The maximum absolute atomic E-state index is 12.3. The monoisotopic (exact) mass is 327 g/mol. The van der Waals surface area contributed by atoms with Crippen molar-refractivity contribution in [1.82, 2.24) is 14.8 Å². The van der Waals surface area contributed by atoms with Crippen LogP contribution in [-0.4, -0.2) is 64.6 Å². The van der Waals surface area contributed by atoms with Gasteiger partial charge in [0.05, 0.1) is 11.7 Å². The molecule has 2 heterocycles. The Hall–Kier alpha value is -0.980. The van der Waals surface area contributed by atoms with Gasteiger partial charge < -0.3 is 10.0 Å². The van der Waals surface area contributed by atoms with Gasteiger partial charge in [-0.1, -0.05) is 0 Å². The first-order chi connectivity index (χ1) is 9.06. The molecule has 1 N–H and O–H groups in total. The predicted octanol–water partition coefficient (Wildman–Crippen LogP) is 0.983. The standard InChI is InChI=1S/C13H18BrN3O2/c1-10(18)9-16-2-4-17(5-3-16)13(19)11-6-12(14)8-15-7-11/h6-8,10,18H,2-5,9H2,1H3. The number of hydrogen-bond acceptors (Lipinski definition) is 4. The molecule has 1 aromatic rings. The smallest absolute Gasteiger partial charge is 0.255 e. The molecule has 1 saturated heterocycles. The fourth-order valence-electron chi connectivity index (χ4n) is 2.22. The van der Waals surface area contributed by atoms with Crippen LogP contribution in [0.3, 0.4) is 0 Å². The Balaban J connectivity index is 1.92. The Morgan fingerprint density at radius 3 is 2.68 bits per heavy atom. The van der Waals surface area contributed by atoms with Gasteiger partial charge in [-0.25, -0.2) is 0 Å². The van der Waals surface area contributed by atoms with Crippen LogP contribution in [-0.2, 0) is 0 Å². The number of amides is 1. The van der Waals surface area contributed by atoms with E-state index in [1.807, 2.05) is 4.90 Å². The number of aromatic nitrogens is 1. The largest absolute Gasteiger partial charge is 0.392 e. The van der Waals surface area contributed by atoms with Gasteiger partial charge in [0, 0.05) is 49.6 Å². The van der Waals surface area contributed by atoms with E-state index in [1.165, 1.54) is 0 Å². The van der Waals surface area contributed by atoms with Crippen molar-refractivity contribution < 1.29 is 9.90 Å². The molecule has 6 heteroatoms. The summed E-state index contributed by atoms with van der Waals surface area (Å²) in [6.07, 6.45) is 2.93. The molecule has 19 heavy (non-hydrogen) atoms. The molecule has 0 bridgehead atoms. The summed E-state index contributed by atoms with van der Waals surface area (Å²) in [6, 6.07) is 1.79. The lowest BCUT2D eigenvalue weighted by molar-refractivity contribution is 0.0553. The van der Waals surface area contributed by atoms with Crippen molar-refractivity contribution >= 4 is 21.8 Å². The summed E-state index contributed by atoms with van der Waals surface area (Å²) in [6.45, 7) is 5.44. The number of carbonyl (C=O) groups is 1. The Bertz CT molecular complexity index is 445. The Morgan fingerprint density at radius 1 is 1.42 bits per heavy atom. The first kappa shape index (κ1) is 14.4. The third-order valence-corrected chi connectivity index (χ3v) is 3.57. The van der Waals surface area contributed by atoms with Crippen molar-refractivity contribution in [2.45, 2.75) is 13.0 Å². The molecule has 2 rings (SSSR count). The average Bonchev–Trinajstić information content (AvgIpc) is 2.38. The molecule has 1 unspecified atom stereocenters. The first-order valence-electron chi connectivity index (χ1n) is 6.36. The Morgan fingerprint density at radius 2 is 2.11 bits per heavy atom. The highest BCUT2D eigenvalue weighted by Gasteiger charge is 2.22. The van der Waals surface area contributed by atoms with E-state index in [2.05, 4.69) is 25.8 Å². The van der Waals surface area contributed by atoms with Crippen LogP contribution < -0.4 is 0 Å². The van der Waals surface area contributed by atoms with E-state index in [0.29, 0.717) is 25.2 Å². The minimum Gasteiger partial charge on any atom is -0.392 e. The first-order valence-corrected chi connectivity index (χ1v) is 7.16. The molecule has 1 atom stereocenters. The van der Waals surface area contributed by atoms with E-state index in [1.54, 1.807) is 25.4 Å². The van der Waals surface area contributed by atoms with Gasteiger partial charge in [0.2, 0.25) is 0 Å². The van der Waals surface area contributed by atoms with Crippen molar-refractivity contribution in [3.05, 3.63) is 28.5 Å². The minimum absolute atomic E-state index is 0.0190. The molecular formula is C13H18BrN3O2. The molecule has 0 radical (unpaired) electrons. The van der Waals surface area contributed by atoms with Crippen LogP contribution in [0.15, 0.2) is 22.9 Å². The van der Waals surface area contributed by atoms with Crippen molar-refractivity contribution in [2.24, 2.45) is 0 Å². The van der Waals surface area contributed by atoms with Crippen LogP contribution in [0.2, 0.25) is 0 Å². The molecule has 0 aliphatic carbocycles. The zero-order chi connectivity index (χ0) is 13.8. The lowest BCUT2D eigenvalue weighted by atomic mass is 10.2. The molecule has 1 aromatic heterocycles. The summed E-state index contributed by atoms with van der Waals surface area (Å²) < 4.78 is 0.811. The third-order valence-electron chi connectivity index (χ3n) is 3.13. The van der Waals surface area contributed by atoms with E-state index in [4.69, 9.17) is 0 Å². The van der Waals surface area contributed by atoms with Crippen LogP contribution in [0.5, 0.6) is 0 Å². The van der Waals surface area contributed by atoms with E-state index >= 15 is 0 Å². The molecule has 0 aromatic carbocycles. The zero-order valence-electron chi connectivity index (χ0n) is 10.9. The summed E-state index contributed by atoms with van der Waals surface area (Å²) in [5, 5.41) is 9.35. The van der Waals surface area contributed by atoms with Gasteiger partial charge in [-0.05, 0) is 28.9 Å². The molecule has 1 aliphatic rings. The van der Waals surface area contributed by atoms with E-state index < -0.39 is 0 Å². The molecular weight excluding hydrogens is 310 g/mol. The Labute approximate surface area is 121 Å². The number of carbonyl (C=O) groups excluding carboxylic acids is 1. The maximum atomic E-state index is 12.3. The zero-order valence-corrected chi connectivity index (χ0v) is 12.5. The topological polar surface area (TPSA) is 56.7 Å². The van der Waals surface area contributed by atoms with Crippen molar-refractivity contribution in [3.63, 3.8) is 0 Å². The number of pyridine rings is 1. The van der Waals surface area contributed by atoms with Crippen LogP contribution in [0.4, 0.5) is 0 Å². The number of hydrogen-bond donors (Lipinski definition) is 1. The summed E-state index contributed by atoms with van der Waals surface area (Å²) >= 11 is 3.32. The van der Waals surface area contributed by atoms with Gasteiger partial charge in [-0.3, -0.25) is 14.7 Å². The van der Waals surface area contributed by atoms with Gasteiger partial charge in [-0.15, -0.1) is 0 Å². The van der Waals surface area contributed by atoms with Crippen LogP contribution in [0, 0.1) is 0 Å². The summed E-state index contributed by atoms with van der Waals surface area (Å²) in [7, 11) is 0. The number of rotatable bonds is 3. The number of nitrogens with zero attached hydrogens (tertiary/aromatic N) is 3. The van der Waals surface area contributed by atoms with Crippen molar-refractivity contribution in [1.29, 1.82) is 0 Å². The van der Waals surface area contributed by atoms with Crippen LogP contribution in [0.1, 0.15) is 17.3 Å². The number of halogens is 1. The second-order valence-corrected chi connectivity index (χ2v) is 5.75. The number of aliphatic hydroxyl groups excluding tert-OH is 1. The molecule has 5 nitrogen and oxygen atoms in total. The molecule has 1 aliphatic heterocycles. The summed E-state index contributed by atoms with van der Waals surface area (Å²) in [5.74, 6) is 0.0190. The number of β-amino-alcohol motifs (C(OH)–C–C–N with tert-alkyl or cyclic N) is 1. The second-order valence-electron chi connectivity index (χ2n) is 4.83.